The summed E-state index contributed by atoms with van der Waals surface area (Å²) >= 11 is 0. The first-order valence-corrected chi connectivity index (χ1v) is 10.3. The van der Waals surface area contributed by atoms with E-state index in [0.29, 0.717) is 12.5 Å². The molecular formula is C23H28N4O2. The molecule has 6 heteroatoms. The van der Waals surface area contributed by atoms with Gasteiger partial charge < -0.3 is 19.9 Å². The van der Waals surface area contributed by atoms with E-state index in [1.54, 1.807) is 12.1 Å². The lowest BCUT2D eigenvalue weighted by molar-refractivity contribution is 0.169. The predicted molar refractivity (Wildman–Crippen MR) is 114 cm³/mol. The van der Waals surface area contributed by atoms with Gasteiger partial charge in [-0.05, 0) is 62.9 Å². The minimum atomic E-state index is -0.0108. The Balaban J connectivity index is 1.34. The van der Waals surface area contributed by atoms with Crippen LogP contribution in [0.5, 0.6) is 5.75 Å². The van der Waals surface area contributed by atoms with Crippen molar-refractivity contribution in [1.29, 1.82) is 0 Å². The number of nitrogens with zero attached hydrogens (tertiary/aromatic N) is 3. The third-order valence-electron chi connectivity index (χ3n) is 5.71. The molecule has 1 aromatic heterocycles. The van der Waals surface area contributed by atoms with Crippen molar-refractivity contribution in [3.63, 3.8) is 0 Å². The molecule has 2 aromatic carbocycles. The number of aromatic hydroxyl groups is 1. The van der Waals surface area contributed by atoms with Gasteiger partial charge in [0.05, 0.1) is 11.0 Å². The Morgan fingerprint density at radius 2 is 1.97 bits per heavy atom. The number of para-hydroxylation sites is 2. The Morgan fingerprint density at radius 3 is 2.72 bits per heavy atom. The number of phenolic OH excluding ortho intramolecular Hbond substituents is 1. The first-order valence-electron chi connectivity index (χ1n) is 10.3. The van der Waals surface area contributed by atoms with Gasteiger partial charge in [0.1, 0.15) is 11.6 Å². The van der Waals surface area contributed by atoms with E-state index in [2.05, 4.69) is 40.0 Å². The summed E-state index contributed by atoms with van der Waals surface area (Å²) in [5.41, 5.74) is 3.22. The molecule has 2 N–H and O–H groups in total. The molecule has 1 aliphatic heterocycles. The number of carbonyl (C=O) groups excluding carboxylic acids is 1. The number of benzene rings is 2. The van der Waals surface area contributed by atoms with Gasteiger partial charge in [0.2, 0.25) is 0 Å². The van der Waals surface area contributed by atoms with Crippen LogP contribution in [0.15, 0.2) is 48.5 Å². The number of piperidine rings is 1. The second kappa shape index (κ2) is 8.15. The number of aryl methyl sites for hydroxylation is 1. The predicted octanol–water partition coefficient (Wildman–Crippen LogP) is 4.03. The van der Waals surface area contributed by atoms with E-state index in [-0.39, 0.29) is 17.8 Å². The molecule has 2 amide bonds. The van der Waals surface area contributed by atoms with Gasteiger partial charge in [-0.2, -0.15) is 0 Å². The van der Waals surface area contributed by atoms with Gasteiger partial charge in [-0.3, -0.25) is 0 Å². The van der Waals surface area contributed by atoms with Crippen LogP contribution in [-0.2, 0) is 6.42 Å². The number of likely N-dealkylation sites (tertiary alicyclic amines) is 1. The SMILES string of the molecule is Cc1nc2ccccc2n1C1CCN(C(=O)NC(C)Cc2cccc(O)c2)CC1. The van der Waals surface area contributed by atoms with Crippen LogP contribution >= 0.6 is 0 Å². The zero-order chi connectivity index (χ0) is 20.4. The molecule has 1 unspecified atom stereocenters. The van der Waals surface area contributed by atoms with Crippen molar-refractivity contribution in [3.8, 4) is 5.75 Å². The van der Waals surface area contributed by atoms with Crippen LogP contribution in [0.2, 0.25) is 0 Å². The van der Waals surface area contributed by atoms with Crippen molar-refractivity contribution in [3.05, 3.63) is 59.9 Å². The van der Waals surface area contributed by atoms with Crippen molar-refractivity contribution in [2.24, 2.45) is 0 Å². The zero-order valence-electron chi connectivity index (χ0n) is 17.0. The molecule has 0 saturated carbocycles. The number of hydrogen-bond acceptors (Lipinski definition) is 3. The van der Waals surface area contributed by atoms with Gasteiger partial charge >= 0.3 is 6.03 Å². The summed E-state index contributed by atoms with van der Waals surface area (Å²) in [5, 5.41) is 12.7. The van der Waals surface area contributed by atoms with Crippen molar-refractivity contribution >= 4 is 17.1 Å². The van der Waals surface area contributed by atoms with Crippen molar-refractivity contribution in [2.75, 3.05) is 13.1 Å². The summed E-state index contributed by atoms with van der Waals surface area (Å²) in [7, 11) is 0. The topological polar surface area (TPSA) is 70.4 Å². The maximum Gasteiger partial charge on any atom is 0.317 e. The van der Waals surface area contributed by atoms with Crippen LogP contribution in [0.3, 0.4) is 0 Å². The van der Waals surface area contributed by atoms with E-state index in [1.165, 1.54) is 5.52 Å². The van der Waals surface area contributed by atoms with Gasteiger partial charge in [-0.25, -0.2) is 9.78 Å². The minimum Gasteiger partial charge on any atom is -0.508 e. The molecule has 1 saturated heterocycles. The summed E-state index contributed by atoms with van der Waals surface area (Å²) < 4.78 is 2.33. The monoisotopic (exact) mass is 392 g/mol. The van der Waals surface area contributed by atoms with E-state index in [1.807, 2.05) is 30.0 Å². The summed E-state index contributed by atoms with van der Waals surface area (Å²) in [6, 6.07) is 15.8. The molecule has 1 atom stereocenters. The van der Waals surface area contributed by atoms with E-state index >= 15 is 0 Å². The molecule has 0 spiro atoms. The molecule has 0 bridgehead atoms. The number of aromatic nitrogens is 2. The fourth-order valence-corrected chi connectivity index (χ4v) is 4.34. The third kappa shape index (κ3) is 4.21. The number of imidazole rings is 1. The molecule has 4 rings (SSSR count). The third-order valence-corrected chi connectivity index (χ3v) is 5.71. The second-order valence-corrected chi connectivity index (χ2v) is 7.96. The average Bonchev–Trinajstić information content (AvgIpc) is 3.03. The van der Waals surface area contributed by atoms with E-state index in [9.17, 15) is 9.90 Å². The first-order chi connectivity index (χ1) is 14.0. The number of phenols is 1. The van der Waals surface area contributed by atoms with Crippen LogP contribution in [-0.4, -0.2) is 44.7 Å². The molecule has 152 valence electrons. The van der Waals surface area contributed by atoms with Crippen LogP contribution < -0.4 is 5.32 Å². The second-order valence-electron chi connectivity index (χ2n) is 7.96. The van der Waals surface area contributed by atoms with Crippen LogP contribution in [0.1, 0.15) is 37.2 Å². The molecule has 0 aliphatic carbocycles. The first kappa shape index (κ1) is 19.3. The summed E-state index contributed by atoms with van der Waals surface area (Å²) in [6.45, 7) is 5.53. The van der Waals surface area contributed by atoms with E-state index in [4.69, 9.17) is 0 Å². The standard InChI is InChI=1S/C23H28N4O2/c1-16(14-18-6-5-7-20(28)15-18)24-23(29)26-12-10-19(11-13-26)27-17(2)25-21-8-3-4-9-22(21)27/h3-9,15-16,19,28H,10-14H2,1-2H3,(H,24,29). The molecular weight excluding hydrogens is 364 g/mol. The largest absolute Gasteiger partial charge is 0.508 e. The maximum atomic E-state index is 12.7. The minimum absolute atomic E-state index is 0.00172. The van der Waals surface area contributed by atoms with Crippen molar-refractivity contribution in [2.45, 2.75) is 45.2 Å². The number of urea groups is 1. The van der Waals surface area contributed by atoms with Gasteiger partial charge in [-0.1, -0.05) is 24.3 Å². The highest BCUT2D eigenvalue weighted by Gasteiger charge is 2.26. The maximum absolute atomic E-state index is 12.7. The quantitative estimate of drug-likeness (QED) is 0.704. The van der Waals surface area contributed by atoms with Gasteiger partial charge in [0.25, 0.3) is 0 Å². The molecule has 1 aliphatic rings. The number of nitrogens with one attached hydrogen (secondary N) is 1. The number of carbonyl (C=O) groups is 1. The number of amides is 2. The zero-order valence-corrected chi connectivity index (χ0v) is 17.0. The lowest BCUT2D eigenvalue weighted by Gasteiger charge is -2.34. The lowest BCUT2D eigenvalue weighted by atomic mass is 10.0. The van der Waals surface area contributed by atoms with Crippen molar-refractivity contribution in [1.82, 2.24) is 19.8 Å². The Labute approximate surface area is 171 Å². The summed E-state index contributed by atoms with van der Waals surface area (Å²) in [6.07, 6.45) is 2.54. The lowest BCUT2D eigenvalue weighted by Crippen LogP contribution is -2.47. The number of hydrogen-bond donors (Lipinski definition) is 2. The molecule has 1 fully saturated rings. The smallest absolute Gasteiger partial charge is 0.317 e. The number of rotatable bonds is 4. The average molecular weight is 393 g/mol. The Kier molecular flexibility index (Phi) is 5.43. The highest BCUT2D eigenvalue weighted by atomic mass is 16.3. The highest BCUT2D eigenvalue weighted by Crippen LogP contribution is 2.28. The Morgan fingerprint density at radius 1 is 1.21 bits per heavy atom. The van der Waals surface area contributed by atoms with Crippen LogP contribution in [0.4, 0.5) is 4.79 Å². The van der Waals surface area contributed by atoms with Gasteiger partial charge in [0.15, 0.2) is 0 Å². The molecule has 6 nitrogen and oxygen atoms in total. The van der Waals surface area contributed by atoms with E-state index in [0.717, 1.165) is 42.8 Å². The van der Waals surface area contributed by atoms with Gasteiger partial charge in [0, 0.05) is 25.2 Å². The molecule has 0 radical (unpaired) electrons. The Hall–Kier alpha value is -3.02. The fourth-order valence-electron chi connectivity index (χ4n) is 4.34. The Bertz CT molecular complexity index is 1010. The molecule has 3 aromatic rings. The highest BCUT2D eigenvalue weighted by molar-refractivity contribution is 5.76. The van der Waals surface area contributed by atoms with E-state index < -0.39 is 0 Å². The normalized spacial score (nSPS) is 16.1. The summed E-state index contributed by atoms with van der Waals surface area (Å²) in [4.78, 5) is 19.3. The molecule has 2 heterocycles. The fraction of sp³-hybridized carbons (Fsp3) is 0.391. The summed E-state index contributed by atoms with van der Waals surface area (Å²) in [5.74, 6) is 1.29. The van der Waals surface area contributed by atoms with Gasteiger partial charge in [-0.15, -0.1) is 0 Å². The number of fused-ring (bicyclic) bond motifs is 1. The molecule has 29 heavy (non-hydrogen) atoms. The van der Waals surface area contributed by atoms with Crippen LogP contribution in [0.25, 0.3) is 11.0 Å². The van der Waals surface area contributed by atoms with Crippen molar-refractivity contribution < 1.29 is 9.90 Å². The van der Waals surface area contributed by atoms with Crippen LogP contribution in [0, 0.1) is 6.92 Å².